The maximum absolute atomic E-state index is 13.3. The first-order valence-electron chi connectivity index (χ1n) is 10.7. The van der Waals surface area contributed by atoms with Crippen LogP contribution in [0.3, 0.4) is 0 Å². The Bertz CT molecular complexity index is 1200. The van der Waals surface area contributed by atoms with Gasteiger partial charge in [-0.3, -0.25) is 14.7 Å². The van der Waals surface area contributed by atoms with E-state index in [9.17, 15) is 4.79 Å². The van der Waals surface area contributed by atoms with Crippen LogP contribution in [0.5, 0.6) is 11.5 Å². The van der Waals surface area contributed by atoms with Gasteiger partial charge in [0.05, 0.1) is 25.0 Å². The summed E-state index contributed by atoms with van der Waals surface area (Å²) in [7, 11) is 1.65. The second-order valence-corrected chi connectivity index (χ2v) is 9.32. The summed E-state index contributed by atoms with van der Waals surface area (Å²) < 4.78 is 11.9. The van der Waals surface area contributed by atoms with E-state index < -0.39 is 0 Å². The summed E-state index contributed by atoms with van der Waals surface area (Å²) in [5.41, 5.74) is 1.74. The molecule has 4 rings (SSSR count). The SMILES string of the molecule is CCOc1cccc2sc(N(Cc3cccnc3)C(=O)CCSc3ccc(OC)cc3)nc12. The first kappa shape index (κ1) is 23.1. The molecule has 1 amide bonds. The number of carbonyl (C=O) groups excluding carboxylic acids is 1. The molecule has 6 nitrogen and oxygen atoms in total. The van der Waals surface area contributed by atoms with Crippen molar-refractivity contribution in [2.45, 2.75) is 24.8 Å². The zero-order valence-corrected chi connectivity index (χ0v) is 20.2. The summed E-state index contributed by atoms with van der Waals surface area (Å²) in [6, 6.07) is 17.6. The van der Waals surface area contributed by atoms with E-state index in [0.29, 0.717) is 30.5 Å². The number of methoxy groups -OCH3 is 1. The van der Waals surface area contributed by atoms with Gasteiger partial charge in [-0.25, -0.2) is 4.98 Å². The zero-order chi connectivity index (χ0) is 23.0. The van der Waals surface area contributed by atoms with E-state index in [4.69, 9.17) is 14.5 Å². The van der Waals surface area contributed by atoms with Gasteiger partial charge in [0.2, 0.25) is 5.91 Å². The third kappa shape index (κ3) is 5.83. The lowest BCUT2D eigenvalue weighted by molar-refractivity contribution is -0.118. The molecule has 0 spiro atoms. The molecule has 33 heavy (non-hydrogen) atoms. The quantitative estimate of drug-likeness (QED) is 0.267. The highest BCUT2D eigenvalue weighted by atomic mass is 32.2. The standard InChI is InChI=1S/C25H25N3O3S2/c1-3-31-21-7-4-8-22-24(21)27-25(33-22)28(17-18-6-5-14-26-16-18)23(29)13-15-32-20-11-9-19(30-2)10-12-20/h4-12,14,16H,3,13,15,17H2,1-2H3. The molecular weight excluding hydrogens is 454 g/mol. The van der Waals surface area contributed by atoms with Crippen LogP contribution in [0.25, 0.3) is 10.2 Å². The van der Waals surface area contributed by atoms with Gasteiger partial charge in [0.15, 0.2) is 5.13 Å². The molecule has 0 bridgehead atoms. The molecule has 2 aromatic heterocycles. The van der Waals surface area contributed by atoms with Crippen molar-refractivity contribution >= 4 is 44.4 Å². The zero-order valence-electron chi connectivity index (χ0n) is 18.6. The number of pyridine rings is 1. The number of thioether (sulfide) groups is 1. The average Bonchev–Trinajstić information content (AvgIpc) is 3.29. The molecule has 170 valence electrons. The number of hydrogen-bond acceptors (Lipinski definition) is 7. The van der Waals surface area contributed by atoms with Crippen LogP contribution in [-0.4, -0.2) is 35.3 Å². The highest BCUT2D eigenvalue weighted by Gasteiger charge is 2.21. The lowest BCUT2D eigenvalue weighted by atomic mass is 10.2. The Hall–Kier alpha value is -3.10. The van der Waals surface area contributed by atoms with Crippen molar-refractivity contribution in [3.8, 4) is 11.5 Å². The van der Waals surface area contributed by atoms with Crippen LogP contribution in [0.15, 0.2) is 71.9 Å². The minimum absolute atomic E-state index is 0.0249. The number of amides is 1. The van der Waals surface area contributed by atoms with Gasteiger partial charge in [-0.05, 0) is 55.0 Å². The Morgan fingerprint density at radius 1 is 1.12 bits per heavy atom. The summed E-state index contributed by atoms with van der Waals surface area (Å²) in [5, 5.41) is 0.667. The number of para-hydroxylation sites is 1. The molecule has 0 aliphatic carbocycles. The molecular formula is C25H25N3O3S2. The van der Waals surface area contributed by atoms with Crippen LogP contribution < -0.4 is 14.4 Å². The van der Waals surface area contributed by atoms with Gasteiger partial charge in [-0.2, -0.15) is 0 Å². The lowest BCUT2D eigenvalue weighted by Crippen LogP contribution is -2.30. The number of aromatic nitrogens is 2. The third-order valence-corrected chi connectivity index (χ3v) is 6.97. The number of benzene rings is 2. The fraction of sp³-hybridized carbons (Fsp3) is 0.240. The van der Waals surface area contributed by atoms with Crippen LogP contribution in [0.4, 0.5) is 5.13 Å². The van der Waals surface area contributed by atoms with Gasteiger partial charge in [-0.1, -0.05) is 23.5 Å². The number of ether oxygens (including phenoxy) is 2. The number of fused-ring (bicyclic) bond motifs is 1. The molecule has 2 heterocycles. The average molecular weight is 480 g/mol. The second-order valence-electron chi connectivity index (χ2n) is 7.15. The fourth-order valence-corrected chi connectivity index (χ4v) is 5.14. The molecule has 0 N–H and O–H groups in total. The molecule has 0 radical (unpaired) electrons. The lowest BCUT2D eigenvalue weighted by Gasteiger charge is -2.20. The Kier molecular flexibility index (Phi) is 7.80. The number of nitrogens with zero attached hydrogens (tertiary/aromatic N) is 3. The Balaban J connectivity index is 1.53. The highest BCUT2D eigenvalue weighted by molar-refractivity contribution is 7.99. The van der Waals surface area contributed by atoms with E-state index in [2.05, 4.69) is 4.98 Å². The molecule has 8 heteroatoms. The minimum Gasteiger partial charge on any atom is -0.497 e. The van der Waals surface area contributed by atoms with E-state index in [1.807, 2.05) is 61.5 Å². The van der Waals surface area contributed by atoms with E-state index in [1.54, 1.807) is 36.2 Å². The van der Waals surface area contributed by atoms with Gasteiger partial charge in [-0.15, -0.1) is 11.8 Å². The molecule has 0 atom stereocenters. The van der Waals surface area contributed by atoms with Crippen LogP contribution >= 0.6 is 23.1 Å². The van der Waals surface area contributed by atoms with Crippen molar-refractivity contribution in [1.82, 2.24) is 9.97 Å². The van der Waals surface area contributed by atoms with Crippen molar-refractivity contribution in [1.29, 1.82) is 0 Å². The van der Waals surface area contributed by atoms with Crippen molar-refractivity contribution < 1.29 is 14.3 Å². The van der Waals surface area contributed by atoms with Crippen molar-refractivity contribution in [2.75, 3.05) is 24.4 Å². The Morgan fingerprint density at radius 3 is 2.70 bits per heavy atom. The molecule has 4 aromatic rings. The van der Waals surface area contributed by atoms with Crippen LogP contribution in [0.1, 0.15) is 18.9 Å². The van der Waals surface area contributed by atoms with Crippen LogP contribution in [-0.2, 0) is 11.3 Å². The van der Waals surface area contributed by atoms with Gasteiger partial charge >= 0.3 is 0 Å². The first-order valence-corrected chi connectivity index (χ1v) is 12.5. The maximum atomic E-state index is 13.3. The fourth-order valence-electron chi connectivity index (χ4n) is 3.30. The minimum atomic E-state index is 0.0249. The molecule has 2 aromatic carbocycles. The van der Waals surface area contributed by atoms with Gasteiger partial charge in [0.25, 0.3) is 0 Å². The Labute approximate surface area is 201 Å². The third-order valence-electron chi connectivity index (χ3n) is 4.91. The monoisotopic (exact) mass is 479 g/mol. The van der Waals surface area contributed by atoms with Crippen molar-refractivity contribution in [2.24, 2.45) is 0 Å². The molecule has 0 saturated carbocycles. The number of carbonyl (C=O) groups is 1. The van der Waals surface area contributed by atoms with E-state index >= 15 is 0 Å². The predicted molar refractivity (Wildman–Crippen MR) is 135 cm³/mol. The number of anilines is 1. The van der Waals surface area contributed by atoms with Crippen molar-refractivity contribution in [3.05, 3.63) is 72.6 Å². The van der Waals surface area contributed by atoms with Gasteiger partial charge in [0.1, 0.15) is 17.0 Å². The summed E-state index contributed by atoms with van der Waals surface area (Å²) in [6.07, 6.45) is 3.91. The molecule has 0 aliphatic heterocycles. The van der Waals surface area contributed by atoms with E-state index in [-0.39, 0.29) is 5.91 Å². The molecule has 0 fully saturated rings. The number of thiazole rings is 1. The highest BCUT2D eigenvalue weighted by Crippen LogP contribution is 2.35. The van der Waals surface area contributed by atoms with Crippen LogP contribution in [0.2, 0.25) is 0 Å². The van der Waals surface area contributed by atoms with Crippen LogP contribution in [0, 0.1) is 0 Å². The maximum Gasteiger partial charge on any atom is 0.229 e. The number of rotatable bonds is 10. The van der Waals surface area contributed by atoms with Crippen molar-refractivity contribution in [3.63, 3.8) is 0 Å². The Morgan fingerprint density at radius 2 is 1.97 bits per heavy atom. The smallest absolute Gasteiger partial charge is 0.229 e. The predicted octanol–water partition coefficient (Wildman–Crippen LogP) is 5.81. The number of hydrogen-bond donors (Lipinski definition) is 0. The second kappa shape index (κ2) is 11.2. The largest absolute Gasteiger partial charge is 0.497 e. The molecule has 0 unspecified atom stereocenters. The topological polar surface area (TPSA) is 64.5 Å². The first-order chi connectivity index (χ1) is 16.2. The van der Waals surface area contributed by atoms with Gasteiger partial charge in [0, 0.05) is 29.5 Å². The molecule has 0 saturated heterocycles. The van der Waals surface area contributed by atoms with E-state index in [1.165, 1.54) is 11.3 Å². The summed E-state index contributed by atoms with van der Waals surface area (Å²) >= 11 is 3.15. The van der Waals surface area contributed by atoms with E-state index in [0.717, 1.165) is 32.2 Å². The van der Waals surface area contributed by atoms with Gasteiger partial charge < -0.3 is 9.47 Å². The summed E-state index contributed by atoms with van der Waals surface area (Å²) in [4.78, 5) is 25.2. The normalized spacial score (nSPS) is 10.8. The summed E-state index contributed by atoms with van der Waals surface area (Å²) in [5.74, 6) is 2.25. The summed E-state index contributed by atoms with van der Waals surface area (Å²) in [6.45, 7) is 2.93. The molecule has 0 aliphatic rings.